The van der Waals surface area contributed by atoms with Crippen LogP contribution in [0.5, 0.6) is 11.5 Å². The quantitative estimate of drug-likeness (QED) is 0.884. The van der Waals surface area contributed by atoms with Gasteiger partial charge in [0.25, 0.3) is 0 Å². The standard InChI is InChI=1S/C12H14BrNO4/c13-8-4-7(5-9(14)12(15)16)6-10-11(8)18-3-1-2-17-10/h4,6,9H,1-3,5,14H2,(H,15,16). The first kappa shape index (κ1) is 13.2. The van der Waals surface area contributed by atoms with Gasteiger partial charge in [0, 0.05) is 6.42 Å². The molecule has 5 nitrogen and oxygen atoms in total. The zero-order chi connectivity index (χ0) is 13.1. The van der Waals surface area contributed by atoms with Crippen molar-refractivity contribution in [2.24, 2.45) is 5.73 Å². The van der Waals surface area contributed by atoms with Gasteiger partial charge < -0.3 is 20.3 Å². The maximum absolute atomic E-state index is 10.7. The van der Waals surface area contributed by atoms with E-state index in [1.165, 1.54) is 0 Å². The predicted octanol–water partition coefficient (Wildman–Crippen LogP) is 1.56. The monoisotopic (exact) mass is 315 g/mol. The molecule has 1 aliphatic rings. The second-order valence-corrected chi connectivity index (χ2v) is 4.96. The van der Waals surface area contributed by atoms with Crippen LogP contribution in [0.4, 0.5) is 0 Å². The van der Waals surface area contributed by atoms with Crippen molar-refractivity contribution >= 4 is 21.9 Å². The van der Waals surface area contributed by atoms with E-state index in [0.717, 1.165) is 16.5 Å². The third-order valence-electron chi connectivity index (χ3n) is 2.63. The Hall–Kier alpha value is -1.27. The zero-order valence-electron chi connectivity index (χ0n) is 9.69. The Morgan fingerprint density at radius 3 is 2.89 bits per heavy atom. The summed E-state index contributed by atoms with van der Waals surface area (Å²) in [6.45, 7) is 1.20. The number of carbonyl (C=O) groups is 1. The number of rotatable bonds is 3. The van der Waals surface area contributed by atoms with Crippen LogP contribution < -0.4 is 15.2 Å². The topological polar surface area (TPSA) is 81.8 Å². The Kier molecular flexibility index (Phi) is 4.08. The minimum atomic E-state index is -1.02. The molecule has 2 rings (SSSR count). The molecule has 1 aliphatic heterocycles. The molecular formula is C12H14BrNO4. The van der Waals surface area contributed by atoms with Gasteiger partial charge in [0.2, 0.25) is 0 Å². The molecule has 3 N–H and O–H groups in total. The average Bonchev–Trinajstić information content (AvgIpc) is 2.54. The molecule has 0 fully saturated rings. The number of carboxylic acids is 1. The number of aliphatic carboxylic acids is 1. The molecule has 1 aromatic rings. The molecule has 98 valence electrons. The lowest BCUT2D eigenvalue weighted by atomic mass is 10.1. The van der Waals surface area contributed by atoms with Gasteiger partial charge in [-0.25, -0.2) is 0 Å². The molecule has 0 amide bonds. The van der Waals surface area contributed by atoms with Crippen molar-refractivity contribution in [2.45, 2.75) is 18.9 Å². The summed E-state index contributed by atoms with van der Waals surface area (Å²) in [4.78, 5) is 10.7. The van der Waals surface area contributed by atoms with Gasteiger partial charge in [-0.15, -0.1) is 0 Å². The normalized spacial score (nSPS) is 15.9. The largest absolute Gasteiger partial charge is 0.490 e. The fourth-order valence-electron chi connectivity index (χ4n) is 1.74. The average molecular weight is 316 g/mol. The first-order valence-corrected chi connectivity index (χ1v) is 6.43. The van der Waals surface area contributed by atoms with Crippen LogP contribution in [0.25, 0.3) is 0 Å². The predicted molar refractivity (Wildman–Crippen MR) is 69.1 cm³/mol. The minimum absolute atomic E-state index is 0.255. The highest BCUT2D eigenvalue weighted by molar-refractivity contribution is 9.10. The summed E-state index contributed by atoms with van der Waals surface area (Å²) in [7, 11) is 0. The molecule has 0 aromatic heterocycles. The molecule has 1 unspecified atom stereocenters. The van der Waals surface area contributed by atoms with E-state index in [9.17, 15) is 4.79 Å². The van der Waals surface area contributed by atoms with Crippen molar-refractivity contribution in [3.63, 3.8) is 0 Å². The molecule has 0 spiro atoms. The Morgan fingerprint density at radius 1 is 1.44 bits per heavy atom. The summed E-state index contributed by atoms with van der Waals surface area (Å²) < 4.78 is 11.9. The molecule has 6 heteroatoms. The van der Waals surface area contributed by atoms with E-state index >= 15 is 0 Å². The number of halogens is 1. The van der Waals surface area contributed by atoms with Gasteiger partial charge in [-0.2, -0.15) is 0 Å². The fourth-order valence-corrected chi connectivity index (χ4v) is 2.35. The van der Waals surface area contributed by atoms with E-state index in [1.807, 2.05) is 6.07 Å². The number of fused-ring (bicyclic) bond motifs is 1. The van der Waals surface area contributed by atoms with Gasteiger partial charge in [0.05, 0.1) is 17.7 Å². The Morgan fingerprint density at radius 2 is 2.17 bits per heavy atom. The van der Waals surface area contributed by atoms with Crippen molar-refractivity contribution in [3.05, 3.63) is 22.2 Å². The molecule has 1 heterocycles. The zero-order valence-corrected chi connectivity index (χ0v) is 11.3. The van der Waals surface area contributed by atoms with Gasteiger partial charge >= 0.3 is 5.97 Å². The van der Waals surface area contributed by atoms with E-state index < -0.39 is 12.0 Å². The number of carboxylic acid groups (broad SMARTS) is 1. The van der Waals surface area contributed by atoms with Crippen LogP contribution in [-0.2, 0) is 11.2 Å². The summed E-state index contributed by atoms with van der Waals surface area (Å²) in [6.07, 6.45) is 1.08. The summed E-state index contributed by atoms with van der Waals surface area (Å²) in [6, 6.07) is 2.69. The van der Waals surface area contributed by atoms with Crippen LogP contribution in [0.3, 0.4) is 0 Å². The van der Waals surface area contributed by atoms with E-state index in [0.29, 0.717) is 24.7 Å². The Balaban J connectivity index is 2.26. The number of benzene rings is 1. The first-order chi connectivity index (χ1) is 8.58. The summed E-state index contributed by atoms with van der Waals surface area (Å²) >= 11 is 3.40. The maximum Gasteiger partial charge on any atom is 0.320 e. The van der Waals surface area contributed by atoms with Crippen molar-refractivity contribution in [1.29, 1.82) is 0 Å². The molecule has 18 heavy (non-hydrogen) atoms. The molecule has 1 atom stereocenters. The fraction of sp³-hybridized carbons (Fsp3) is 0.417. The highest BCUT2D eigenvalue weighted by atomic mass is 79.9. The molecule has 0 saturated carbocycles. The van der Waals surface area contributed by atoms with Crippen LogP contribution in [0.15, 0.2) is 16.6 Å². The first-order valence-electron chi connectivity index (χ1n) is 5.64. The third kappa shape index (κ3) is 2.94. The molecular weight excluding hydrogens is 302 g/mol. The maximum atomic E-state index is 10.7. The van der Waals surface area contributed by atoms with Gasteiger partial charge in [0.1, 0.15) is 6.04 Å². The number of nitrogens with two attached hydrogens (primary N) is 1. The Bertz CT molecular complexity index is 464. The molecule has 0 aliphatic carbocycles. The van der Waals surface area contributed by atoms with Crippen molar-refractivity contribution in [2.75, 3.05) is 13.2 Å². The molecule has 1 aromatic carbocycles. The van der Waals surface area contributed by atoms with Gasteiger partial charge in [-0.05, 0) is 40.0 Å². The summed E-state index contributed by atoms with van der Waals surface area (Å²) in [5, 5.41) is 8.80. The van der Waals surface area contributed by atoms with Crippen LogP contribution in [0, 0.1) is 0 Å². The second kappa shape index (κ2) is 5.58. The SMILES string of the molecule is NC(Cc1cc(Br)c2c(c1)OCCCO2)C(=O)O. The lowest BCUT2D eigenvalue weighted by Gasteiger charge is -2.13. The van der Waals surface area contributed by atoms with Gasteiger partial charge in [-0.3, -0.25) is 4.79 Å². The van der Waals surface area contributed by atoms with Crippen LogP contribution >= 0.6 is 15.9 Å². The Labute approximate surface area is 113 Å². The van der Waals surface area contributed by atoms with Crippen LogP contribution in [0.1, 0.15) is 12.0 Å². The molecule has 0 bridgehead atoms. The molecule has 0 radical (unpaired) electrons. The number of ether oxygens (including phenoxy) is 2. The smallest absolute Gasteiger partial charge is 0.320 e. The summed E-state index contributed by atoms with van der Waals surface area (Å²) in [5.74, 6) is 0.285. The third-order valence-corrected chi connectivity index (χ3v) is 3.22. The van der Waals surface area contributed by atoms with Crippen molar-refractivity contribution in [1.82, 2.24) is 0 Å². The van der Waals surface area contributed by atoms with Crippen molar-refractivity contribution < 1.29 is 19.4 Å². The van der Waals surface area contributed by atoms with E-state index in [4.69, 9.17) is 20.3 Å². The lowest BCUT2D eigenvalue weighted by molar-refractivity contribution is -0.138. The van der Waals surface area contributed by atoms with Gasteiger partial charge in [0.15, 0.2) is 11.5 Å². The van der Waals surface area contributed by atoms with E-state index in [2.05, 4.69) is 15.9 Å². The van der Waals surface area contributed by atoms with E-state index in [-0.39, 0.29) is 6.42 Å². The number of hydrogen-bond donors (Lipinski definition) is 2. The van der Waals surface area contributed by atoms with Crippen molar-refractivity contribution in [3.8, 4) is 11.5 Å². The van der Waals surface area contributed by atoms with Crippen LogP contribution in [-0.4, -0.2) is 30.3 Å². The summed E-state index contributed by atoms with van der Waals surface area (Å²) in [5.41, 5.74) is 6.33. The lowest BCUT2D eigenvalue weighted by Crippen LogP contribution is -2.32. The second-order valence-electron chi connectivity index (χ2n) is 4.10. The highest BCUT2D eigenvalue weighted by Gasteiger charge is 2.18. The highest BCUT2D eigenvalue weighted by Crippen LogP contribution is 2.38. The van der Waals surface area contributed by atoms with Crippen LogP contribution in [0.2, 0.25) is 0 Å². The molecule has 0 saturated heterocycles. The van der Waals surface area contributed by atoms with E-state index in [1.54, 1.807) is 6.07 Å². The number of hydrogen-bond acceptors (Lipinski definition) is 4. The minimum Gasteiger partial charge on any atom is -0.490 e. The van der Waals surface area contributed by atoms with Gasteiger partial charge in [-0.1, -0.05) is 0 Å².